The Labute approximate surface area is 30.9 Å². The minimum Gasteiger partial charge on any atom is -0.445 e. The molecule has 5 heavy (non-hydrogen) atoms. The molecule has 0 amide bonds. The molecule has 0 aliphatic carbocycles. The number of hydrogen-bond donors (Lipinski definition) is 1. The molecule has 0 aliphatic rings. The first-order valence-corrected chi connectivity index (χ1v) is 1.40. The number of rotatable bonds is 1. The van der Waals surface area contributed by atoms with Crippen LogP contribution in [0.15, 0.2) is 0 Å². The van der Waals surface area contributed by atoms with E-state index in [1.54, 1.807) is 0 Å². The molecular formula is C2H5BO2. The third kappa shape index (κ3) is 3.69. The van der Waals surface area contributed by atoms with Gasteiger partial charge in [-0.15, -0.1) is 0 Å². The van der Waals surface area contributed by atoms with Gasteiger partial charge in [-0.05, 0) is 0 Å². The molecule has 0 saturated heterocycles. The minimum atomic E-state index is -0.796. The summed E-state index contributed by atoms with van der Waals surface area (Å²) in [6.45, 7) is 0.613. The van der Waals surface area contributed by atoms with E-state index in [2.05, 4.69) is 0 Å². The molecular weight excluding hydrogens is 66.8 g/mol. The van der Waals surface area contributed by atoms with Gasteiger partial charge in [-0.2, -0.15) is 0 Å². The van der Waals surface area contributed by atoms with Crippen LogP contribution in [0.4, 0.5) is 0 Å². The maximum absolute atomic E-state index is 9.25. The molecule has 0 aromatic carbocycles. The van der Waals surface area contributed by atoms with E-state index in [-0.39, 0.29) is 0 Å². The van der Waals surface area contributed by atoms with E-state index in [0.29, 0.717) is 6.19 Å². The lowest BCUT2D eigenvalue weighted by molar-refractivity contribution is 0.546. The first-order valence-electron chi connectivity index (χ1n) is 1.40. The highest BCUT2D eigenvalue weighted by molar-refractivity contribution is 6.77. The van der Waals surface area contributed by atoms with Crippen LogP contribution in [0.2, 0.25) is 6.82 Å². The van der Waals surface area contributed by atoms with Crippen molar-refractivity contribution in [3.63, 3.8) is 0 Å². The van der Waals surface area contributed by atoms with Crippen LogP contribution in [0.25, 0.3) is 0 Å². The van der Waals surface area contributed by atoms with Gasteiger partial charge in [-0.25, -0.2) is 0 Å². The molecule has 0 rings (SSSR count). The summed E-state index contributed by atoms with van der Waals surface area (Å²) in [4.78, 5) is 9.25. The van der Waals surface area contributed by atoms with Crippen LogP contribution in [0.5, 0.6) is 0 Å². The van der Waals surface area contributed by atoms with Crippen LogP contribution in [0, 0.1) is 0 Å². The summed E-state index contributed by atoms with van der Waals surface area (Å²) in [6, 6.07) is 0. The Morgan fingerprint density at radius 3 is 2.20 bits per heavy atom. The van der Waals surface area contributed by atoms with Crippen molar-refractivity contribution in [2.45, 2.75) is 6.82 Å². The highest BCUT2D eigenvalue weighted by atomic mass is 16.2. The fraction of sp³-hybridized carbons (Fsp3) is 0.500. The Morgan fingerprint density at radius 2 is 2.20 bits per heavy atom. The smallest absolute Gasteiger partial charge is 0.358 e. The Bertz CT molecular complexity index is 34.6. The molecule has 0 aromatic rings. The van der Waals surface area contributed by atoms with Crippen molar-refractivity contribution in [3.8, 4) is 0 Å². The highest BCUT2D eigenvalue weighted by Gasteiger charge is 1.92. The van der Waals surface area contributed by atoms with Crippen LogP contribution in [-0.2, 0) is 4.79 Å². The Kier molecular flexibility index (Phi) is 1.85. The topological polar surface area (TPSA) is 37.3 Å². The van der Waals surface area contributed by atoms with Crippen molar-refractivity contribution in [2.75, 3.05) is 0 Å². The molecule has 0 aromatic heterocycles. The quantitative estimate of drug-likeness (QED) is 0.330. The van der Waals surface area contributed by atoms with E-state index in [0.717, 1.165) is 0 Å². The van der Waals surface area contributed by atoms with E-state index in [1.807, 2.05) is 0 Å². The van der Waals surface area contributed by atoms with Gasteiger partial charge in [0.15, 0.2) is 0 Å². The second-order valence-corrected chi connectivity index (χ2v) is 0.877. The van der Waals surface area contributed by atoms with E-state index < -0.39 is 6.92 Å². The summed E-state index contributed by atoms with van der Waals surface area (Å²) in [7, 11) is 0. The molecule has 0 unspecified atom stereocenters. The third-order valence-electron chi connectivity index (χ3n) is 0.197. The van der Waals surface area contributed by atoms with Crippen molar-refractivity contribution in [1.29, 1.82) is 0 Å². The Balaban J connectivity index is 2.83. The molecule has 3 heteroatoms. The second-order valence-electron chi connectivity index (χ2n) is 0.877. The van der Waals surface area contributed by atoms with Gasteiger partial charge < -0.3 is 9.82 Å². The van der Waals surface area contributed by atoms with Crippen LogP contribution >= 0.6 is 0 Å². The zero-order chi connectivity index (χ0) is 4.28. The van der Waals surface area contributed by atoms with E-state index >= 15 is 0 Å². The monoisotopic (exact) mass is 72.0 g/mol. The summed E-state index contributed by atoms with van der Waals surface area (Å²) < 4.78 is 0. The average Bonchev–Trinajstić information content (AvgIpc) is 1.38. The minimum absolute atomic E-state index is 0.472. The largest absolute Gasteiger partial charge is 0.445 e. The predicted octanol–water partition coefficient (Wildman–Crippen LogP) is -0.628. The predicted molar refractivity (Wildman–Crippen MR) is 20.6 cm³/mol. The lowest BCUT2D eigenvalue weighted by Gasteiger charge is -1.71. The number of hydrogen-bond acceptors (Lipinski definition) is 2. The molecule has 0 saturated carbocycles. The van der Waals surface area contributed by atoms with Crippen LogP contribution < -0.4 is 0 Å². The Morgan fingerprint density at radius 1 is 2.00 bits per heavy atom. The lowest BCUT2D eigenvalue weighted by atomic mass is 9.75. The van der Waals surface area contributed by atoms with Crippen molar-refractivity contribution in [2.24, 2.45) is 0 Å². The molecule has 0 radical (unpaired) electrons. The Hall–Kier alpha value is -0.305. The SMILES string of the molecule is CB(O)C=O. The van der Waals surface area contributed by atoms with Crippen LogP contribution in [0.1, 0.15) is 0 Å². The summed E-state index contributed by atoms with van der Waals surface area (Å²) >= 11 is 0. The summed E-state index contributed by atoms with van der Waals surface area (Å²) in [6.07, 6.45) is 0.472. The summed E-state index contributed by atoms with van der Waals surface area (Å²) in [5, 5.41) is 7.99. The number of carbonyl (C=O) groups is 1. The lowest BCUT2D eigenvalue weighted by Crippen LogP contribution is -2.05. The highest BCUT2D eigenvalue weighted by Crippen LogP contribution is 1.56. The molecule has 0 bridgehead atoms. The average molecular weight is 71.9 g/mol. The number of carbonyl (C=O) groups excluding carboxylic acids is 1. The van der Waals surface area contributed by atoms with Gasteiger partial charge >= 0.3 is 6.92 Å². The first-order chi connectivity index (χ1) is 2.27. The molecule has 0 aliphatic heterocycles. The van der Waals surface area contributed by atoms with Crippen molar-refractivity contribution < 1.29 is 9.82 Å². The summed E-state index contributed by atoms with van der Waals surface area (Å²) in [5.41, 5.74) is 0. The van der Waals surface area contributed by atoms with Crippen LogP contribution in [0.3, 0.4) is 0 Å². The maximum Gasteiger partial charge on any atom is 0.358 e. The van der Waals surface area contributed by atoms with Gasteiger partial charge in [0.1, 0.15) is 6.19 Å². The zero-order valence-electron chi connectivity index (χ0n) is 3.01. The van der Waals surface area contributed by atoms with Gasteiger partial charge in [-0.3, -0.25) is 0 Å². The zero-order valence-corrected chi connectivity index (χ0v) is 3.01. The van der Waals surface area contributed by atoms with E-state index in [4.69, 9.17) is 5.02 Å². The van der Waals surface area contributed by atoms with E-state index in [1.165, 1.54) is 6.82 Å². The van der Waals surface area contributed by atoms with Gasteiger partial charge in [-0.1, -0.05) is 6.82 Å². The third-order valence-corrected chi connectivity index (χ3v) is 0.197. The normalized spacial score (nSPS) is 6.80. The maximum atomic E-state index is 9.25. The van der Waals surface area contributed by atoms with Crippen molar-refractivity contribution in [3.05, 3.63) is 0 Å². The molecule has 0 spiro atoms. The standard InChI is InChI=1S/C2H5BO2/c1-3(5)2-4/h2,5H,1H3. The van der Waals surface area contributed by atoms with Crippen molar-refractivity contribution >= 4 is 13.1 Å². The van der Waals surface area contributed by atoms with Crippen molar-refractivity contribution in [1.82, 2.24) is 0 Å². The molecule has 28 valence electrons. The van der Waals surface area contributed by atoms with E-state index in [9.17, 15) is 4.79 Å². The molecule has 2 nitrogen and oxygen atoms in total. The molecule has 0 fully saturated rings. The first kappa shape index (κ1) is 4.69. The molecule has 0 atom stereocenters. The summed E-state index contributed by atoms with van der Waals surface area (Å²) in [5.74, 6) is 0. The van der Waals surface area contributed by atoms with Gasteiger partial charge in [0.2, 0.25) is 0 Å². The fourth-order valence-electron chi connectivity index (χ4n) is 0. The van der Waals surface area contributed by atoms with Gasteiger partial charge in [0, 0.05) is 0 Å². The molecule has 1 N–H and O–H groups in total. The fourth-order valence-corrected chi connectivity index (χ4v) is 0. The van der Waals surface area contributed by atoms with Gasteiger partial charge in [0.05, 0.1) is 0 Å². The van der Waals surface area contributed by atoms with Gasteiger partial charge in [0.25, 0.3) is 0 Å². The van der Waals surface area contributed by atoms with Crippen LogP contribution in [-0.4, -0.2) is 18.1 Å². The second kappa shape index (κ2) is 1.97. The molecule has 0 heterocycles.